The lowest BCUT2D eigenvalue weighted by Gasteiger charge is -2.21. The molecule has 3 aromatic carbocycles. The lowest BCUT2D eigenvalue weighted by atomic mass is 10.0. The number of fused-ring (bicyclic) bond motifs is 3. The zero-order valence-corrected chi connectivity index (χ0v) is 19.6. The molecule has 0 unspecified atom stereocenters. The van der Waals surface area contributed by atoms with E-state index in [-0.39, 0.29) is 17.5 Å². The van der Waals surface area contributed by atoms with Gasteiger partial charge in [-0.1, -0.05) is 35.9 Å². The Hall–Kier alpha value is -4.04. The Bertz CT molecular complexity index is 1430. The highest BCUT2D eigenvalue weighted by Crippen LogP contribution is 2.40. The first kappa shape index (κ1) is 22.7. The van der Waals surface area contributed by atoms with Gasteiger partial charge in [0.1, 0.15) is 13.2 Å². The summed E-state index contributed by atoms with van der Waals surface area (Å²) in [6.07, 6.45) is 1.68. The standard InChI is InChI=1S/C26H22ClN3O5/c1-15(17-5-7-18(8-6-17)26(32)33)29-25(31)20-12-22-24(35-10-9-34-22)21-13-28-30(23(20)21)14-16-3-2-4-19(27)11-16/h2-8,11-13,15H,9-10,14H2,1H3,(H,29,31)(H,32,33)/t15-/m0/s1. The molecule has 2 heterocycles. The Kier molecular flexibility index (Phi) is 6.05. The fraction of sp³-hybridized carbons (Fsp3) is 0.192. The zero-order chi connectivity index (χ0) is 24.5. The van der Waals surface area contributed by atoms with Crippen LogP contribution in [0, 0.1) is 0 Å². The highest BCUT2D eigenvalue weighted by atomic mass is 35.5. The van der Waals surface area contributed by atoms with Gasteiger partial charge < -0.3 is 19.9 Å². The molecule has 1 aromatic heterocycles. The van der Waals surface area contributed by atoms with Gasteiger partial charge in [0.15, 0.2) is 11.5 Å². The number of benzene rings is 3. The molecule has 0 fully saturated rings. The second kappa shape index (κ2) is 9.31. The first-order valence-electron chi connectivity index (χ1n) is 11.1. The number of halogens is 1. The third-order valence-electron chi connectivity index (χ3n) is 5.90. The molecule has 0 aliphatic carbocycles. The second-order valence-corrected chi connectivity index (χ2v) is 8.70. The van der Waals surface area contributed by atoms with Crippen LogP contribution in [-0.2, 0) is 6.54 Å². The van der Waals surface area contributed by atoms with E-state index in [1.165, 1.54) is 12.1 Å². The SMILES string of the molecule is C[C@H](NC(=O)c1cc2c(c3cnn(Cc4cccc(Cl)c4)c13)OCCO2)c1ccc(C(=O)O)cc1. The van der Waals surface area contributed by atoms with Crippen molar-refractivity contribution in [2.45, 2.75) is 19.5 Å². The summed E-state index contributed by atoms with van der Waals surface area (Å²) < 4.78 is 13.4. The summed E-state index contributed by atoms with van der Waals surface area (Å²) in [5.74, 6) is -0.248. The topological polar surface area (TPSA) is 103 Å². The van der Waals surface area contributed by atoms with Crippen molar-refractivity contribution in [3.8, 4) is 11.5 Å². The maximum atomic E-state index is 13.5. The van der Waals surface area contributed by atoms with Gasteiger partial charge in [-0.25, -0.2) is 4.79 Å². The van der Waals surface area contributed by atoms with E-state index in [0.717, 1.165) is 11.1 Å². The first-order chi connectivity index (χ1) is 16.9. The summed E-state index contributed by atoms with van der Waals surface area (Å²) in [5, 5.41) is 18.0. The molecular weight excluding hydrogens is 470 g/mol. The van der Waals surface area contributed by atoms with Crippen LogP contribution in [0.4, 0.5) is 0 Å². The number of carboxylic acid groups (broad SMARTS) is 1. The number of carboxylic acids is 1. The van der Waals surface area contributed by atoms with Gasteiger partial charge in [-0.05, 0) is 48.4 Å². The van der Waals surface area contributed by atoms with Gasteiger partial charge in [0.05, 0.1) is 40.8 Å². The van der Waals surface area contributed by atoms with Gasteiger partial charge in [-0.15, -0.1) is 0 Å². The number of hydrogen-bond donors (Lipinski definition) is 2. The van der Waals surface area contributed by atoms with E-state index >= 15 is 0 Å². The monoisotopic (exact) mass is 491 g/mol. The van der Waals surface area contributed by atoms with Gasteiger partial charge in [0.2, 0.25) is 0 Å². The number of amides is 1. The van der Waals surface area contributed by atoms with E-state index in [2.05, 4.69) is 10.4 Å². The van der Waals surface area contributed by atoms with Gasteiger partial charge in [0.25, 0.3) is 5.91 Å². The predicted molar refractivity (Wildman–Crippen MR) is 131 cm³/mol. The Morgan fingerprint density at radius 3 is 2.66 bits per heavy atom. The van der Waals surface area contributed by atoms with E-state index in [9.17, 15) is 9.59 Å². The molecule has 178 valence electrons. The van der Waals surface area contributed by atoms with Crippen molar-refractivity contribution in [3.05, 3.63) is 88.1 Å². The number of hydrogen-bond acceptors (Lipinski definition) is 5. The summed E-state index contributed by atoms with van der Waals surface area (Å²) in [4.78, 5) is 24.6. The van der Waals surface area contributed by atoms with E-state index in [1.807, 2.05) is 25.1 Å². The van der Waals surface area contributed by atoms with Crippen molar-refractivity contribution in [1.29, 1.82) is 0 Å². The molecule has 0 spiro atoms. The van der Waals surface area contributed by atoms with Crippen molar-refractivity contribution in [1.82, 2.24) is 15.1 Å². The number of nitrogens with one attached hydrogen (secondary N) is 1. The Balaban J connectivity index is 1.51. The number of aromatic carboxylic acids is 1. The first-order valence-corrected chi connectivity index (χ1v) is 11.4. The summed E-state index contributed by atoms with van der Waals surface area (Å²) in [7, 11) is 0. The molecule has 2 N–H and O–H groups in total. The average Bonchev–Trinajstić information content (AvgIpc) is 3.27. The highest BCUT2D eigenvalue weighted by Gasteiger charge is 2.25. The summed E-state index contributed by atoms with van der Waals surface area (Å²) in [5.41, 5.74) is 2.93. The van der Waals surface area contributed by atoms with Gasteiger partial charge >= 0.3 is 5.97 Å². The van der Waals surface area contributed by atoms with Crippen LogP contribution < -0.4 is 14.8 Å². The highest BCUT2D eigenvalue weighted by molar-refractivity contribution is 6.30. The van der Waals surface area contributed by atoms with Crippen LogP contribution in [0.5, 0.6) is 11.5 Å². The summed E-state index contributed by atoms with van der Waals surface area (Å²) >= 11 is 6.16. The molecule has 1 aliphatic rings. The summed E-state index contributed by atoms with van der Waals surface area (Å²) in [6, 6.07) is 15.2. The maximum absolute atomic E-state index is 13.5. The molecule has 35 heavy (non-hydrogen) atoms. The number of rotatable bonds is 6. The minimum absolute atomic E-state index is 0.186. The molecule has 1 atom stereocenters. The molecule has 0 radical (unpaired) electrons. The number of nitrogens with zero attached hydrogens (tertiary/aromatic N) is 2. The second-order valence-electron chi connectivity index (χ2n) is 8.27. The number of carbonyl (C=O) groups excluding carboxylic acids is 1. The number of ether oxygens (including phenoxy) is 2. The van der Waals surface area contributed by atoms with E-state index in [1.54, 1.807) is 35.1 Å². The molecule has 0 saturated carbocycles. The fourth-order valence-corrected chi connectivity index (χ4v) is 4.37. The molecule has 0 saturated heterocycles. The molecule has 5 rings (SSSR count). The molecule has 1 amide bonds. The van der Waals surface area contributed by atoms with Crippen LogP contribution in [0.25, 0.3) is 10.9 Å². The van der Waals surface area contributed by atoms with Crippen molar-refractivity contribution in [3.63, 3.8) is 0 Å². The van der Waals surface area contributed by atoms with Crippen LogP contribution >= 0.6 is 11.6 Å². The smallest absolute Gasteiger partial charge is 0.335 e. The fourth-order valence-electron chi connectivity index (χ4n) is 4.16. The van der Waals surface area contributed by atoms with Crippen molar-refractivity contribution in [2.75, 3.05) is 13.2 Å². The Labute approximate surface area is 206 Å². The van der Waals surface area contributed by atoms with E-state index in [4.69, 9.17) is 26.2 Å². The number of aromatic nitrogens is 2. The minimum Gasteiger partial charge on any atom is -0.486 e. The zero-order valence-electron chi connectivity index (χ0n) is 18.8. The molecule has 0 bridgehead atoms. The molecule has 1 aliphatic heterocycles. The van der Waals surface area contributed by atoms with E-state index in [0.29, 0.717) is 52.7 Å². The van der Waals surface area contributed by atoms with Crippen LogP contribution in [-0.4, -0.2) is 40.0 Å². The molecule has 4 aromatic rings. The lowest BCUT2D eigenvalue weighted by molar-refractivity contribution is 0.0696. The molecule has 9 heteroatoms. The third-order valence-corrected chi connectivity index (χ3v) is 6.13. The number of carbonyl (C=O) groups is 2. The largest absolute Gasteiger partial charge is 0.486 e. The van der Waals surface area contributed by atoms with Gasteiger partial charge in [-0.2, -0.15) is 5.10 Å². The Morgan fingerprint density at radius 1 is 1.14 bits per heavy atom. The maximum Gasteiger partial charge on any atom is 0.335 e. The van der Waals surface area contributed by atoms with Gasteiger partial charge in [0, 0.05) is 5.02 Å². The van der Waals surface area contributed by atoms with E-state index < -0.39 is 5.97 Å². The Morgan fingerprint density at radius 2 is 1.91 bits per heavy atom. The predicted octanol–water partition coefficient (Wildman–Crippen LogP) is 4.70. The van der Waals surface area contributed by atoms with Crippen LogP contribution in [0.3, 0.4) is 0 Å². The molecule has 8 nitrogen and oxygen atoms in total. The third kappa shape index (κ3) is 4.52. The average molecular weight is 492 g/mol. The van der Waals surface area contributed by atoms with Gasteiger partial charge in [-0.3, -0.25) is 9.48 Å². The van der Waals surface area contributed by atoms with Crippen molar-refractivity contribution in [2.24, 2.45) is 0 Å². The normalized spacial score (nSPS) is 13.4. The van der Waals surface area contributed by atoms with Crippen LogP contribution in [0.15, 0.2) is 60.8 Å². The molecular formula is C26H22ClN3O5. The van der Waals surface area contributed by atoms with Crippen LogP contribution in [0.2, 0.25) is 5.02 Å². The van der Waals surface area contributed by atoms with Crippen molar-refractivity contribution >= 4 is 34.4 Å². The lowest BCUT2D eigenvalue weighted by Crippen LogP contribution is -2.28. The van der Waals surface area contributed by atoms with Crippen molar-refractivity contribution < 1.29 is 24.2 Å². The quantitative estimate of drug-likeness (QED) is 0.405. The van der Waals surface area contributed by atoms with Crippen LogP contribution in [0.1, 0.15) is 44.8 Å². The minimum atomic E-state index is -1.00. The summed E-state index contributed by atoms with van der Waals surface area (Å²) in [6.45, 7) is 3.06.